The van der Waals surface area contributed by atoms with Gasteiger partial charge in [-0.3, -0.25) is 4.90 Å². The fourth-order valence-corrected chi connectivity index (χ4v) is 3.78. The summed E-state index contributed by atoms with van der Waals surface area (Å²) in [5, 5.41) is 9.96. The molecule has 3 unspecified atom stereocenters. The zero-order valence-corrected chi connectivity index (χ0v) is 11.6. The Labute approximate surface area is 106 Å². The number of aliphatic hydroxyl groups is 1. The van der Waals surface area contributed by atoms with E-state index in [1.807, 2.05) is 0 Å². The summed E-state index contributed by atoms with van der Waals surface area (Å²) in [5.74, 6) is 0.837. The Morgan fingerprint density at radius 1 is 1.12 bits per heavy atom. The lowest BCUT2D eigenvalue weighted by molar-refractivity contribution is -0.0115. The van der Waals surface area contributed by atoms with Crippen LogP contribution in [0.1, 0.15) is 65.2 Å². The van der Waals surface area contributed by atoms with Crippen molar-refractivity contribution >= 4 is 0 Å². The number of hydrogen-bond donors (Lipinski definition) is 1. The van der Waals surface area contributed by atoms with Crippen molar-refractivity contribution in [2.24, 2.45) is 5.92 Å². The van der Waals surface area contributed by atoms with Gasteiger partial charge in [0, 0.05) is 12.1 Å². The van der Waals surface area contributed by atoms with Gasteiger partial charge in [-0.05, 0) is 51.0 Å². The van der Waals surface area contributed by atoms with Crippen LogP contribution in [0, 0.1) is 5.92 Å². The summed E-state index contributed by atoms with van der Waals surface area (Å²) in [4.78, 5) is 2.71. The van der Waals surface area contributed by atoms with Crippen LogP contribution < -0.4 is 0 Å². The molecule has 0 spiro atoms. The predicted octanol–water partition coefficient (Wildman–Crippen LogP) is 3.19. The summed E-state index contributed by atoms with van der Waals surface area (Å²) in [6.07, 6.45) is 10.1. The Balaban J connectivity index is 2.00. The van der Waals surface area contributed by atoms with Gasteiger partial charge < -0.3 is 5.11 Å². The summed E-state index contributed by atoms with van der Waals surface area (Å²) in [5.41, 5.74) is 0. The van der Waals surface area contributed by atoms with Crippen molar-refractivity contribution in [1.29, 1.82) is 0 Å². The first-order valence-corrected chi connectivity index (χ1v) is 7.70. The lowest BCUT2D eigenvalue weighted by Crippen LogP contribution is -2.52. The molecule has 1 N–H and O–H groups in total. The van der Waals surface area contributed by atoms with E-state index in [4.69, 9.17) is 0 Å². The Bertz CT molecular complexity index is 227. The predicted molar refractivity (Wildman–Crippen MR) is 72.1 cm³/mol. The third-order valence-electron chi connectivity index (χ3n) is 4.92. The highest BCUT2D eigenvalue weighted by atomic mass is 16.3. The second kappa shape index (κ2) is 6.19. The molecule has 17 heavy (non-hydrogen) atoms. The molecule has 0 heterocycles. The number of nitrogens with zero attached hydrogens (tertiary/aromatic N) is 1. The van der Waals surface area contributed by atoms with Crippen LogP contribution in [0.25, 0.3) is 0 Å². The van der Waals surface area contributed by atoms with Crippen molar-refractivity contribution in [1.82, 2.24) is 4.90 Å². The van der Waals surface area contributed by atoms with Gasteiger partial charge >= 0.3 is 0 Å². The molecule has 2 fully saturated rings. The van der Waals surface area contributed by atoms with Gasteiger partial charge in [-0.15, -0.1) is 0 Å². The second-order valence-corrected chi connectivity index (χ2v) is 6.00. The Morgan fingerprint density at radius 3 is 2.41 bits per heavy atom. The zero-order chi connectivity index (χ0) is 12.3. The van der Waals surface area contributed by atoms with Gasteiger partial charge in [0.2, 0.25) is 0 Å². The van der Waals surface area contributed by atoms with Gasteiger partial charge in [-0.1, -0.05) is 26.7 Å². The first-order valence-electron chi connectivity index (χ1n) is 7.70. The van der Waals surface area contributed by atoms with Gasteiger partial charge in [0.1, 0.15) is 0 Å². The van der Waals surface area contributed by atoms with Crippen LogP contribution >= 0.6 is 0 Å². The first-order chi connectivity index (χ1) is 8.26. The highest BCUT2D eigenvalue weighted by Gasteiger charge is 2.37. The fourth-order valence-electron chi connectivity index (χ4n) is 3.78. The highest BCUT2D eigenvalue weighted by Crippen LogP contribution is 2.36. The summed E-state index contributed by atoms with van der Waals surface area (Å²) < 4.78 is 0. The van der Waals surface area contributed by atoms with Crippen LogP contribution in [0.4, 0.5) is 0 Å². The Morgan fingerprint density at radius 2 is 1.88 bits per heavy atom. The van der Waals surface area contributed by atoms with E-state index in [2.05, 4.69) is 18.7 Å². The fraction of sp³-hybridized carbons (Fsp3) is 1.00. The van der Waals surface area contributed by atoms with E-state index in [-0.39, 0.29) is 6.10 Å². The van der Waals surface area contributed by atoms with E-state index in [1.54, 1.807) is 0 Å². The van der Waals surface area contributed by atoms with Crippen molar-refractivity contribution in [2.75, 3.05) is 6.54 Å². The highest BCUT2D eigenvalue weighted by molar-refractivity contribution is 4.91. The molecule has 0 aromatic heterocycles. The van der Waals surface area contributed by atoms with Crippen LogP contribution in [0.5, 0.6) is 0 Å². The molecule has 0 aliphatic heterocycles. The molecule has 3 atom stereocenters. The van der Waals surface area contributed by atoms with Crippen molar-refractivity contribution in [3.63, 3.8) is 0 Å². The second-order valence-electron chi connectivity index (χ2n) is 6.00. The maximum Gasteiger partial charge on any atom is 0.0555 e. The standard InChI is InChI=1S/C15H29NO/c1-3-6-12-9-10-14(17)11-15(12)16(4-2)13-7-5-8-13/h12-15,17H,3-11H2,1-2H3. The molecule has 0 aromatic carbocycles. The summed E-state index contributed by atoms with van der Waals surface area (Å²) in [6, 6.07) is 1.49. The van der Waals surface area contributed by atoms with Crippen LogP contribution in [-0.2, 0) is 0 Å². The average Bonchev–Trinajstić information content (AvgIpc) is 2.26. The SMILES string of the molecule is CCCC1CCC(O)CC1N(CC)C1CCC1. The monoisotopic (exact) mass is 239 g/mol. The minimum atomic E-state index is -0.0396. The third kappa shape index (κ3) is 3.03. The molecule has 2 heteroatoms. The van der Waals surface area contributed by atoms with E-state index < -0.39 is 0 Å². The number of hydrogen-bond acceptors (Lipinski definition) is 2. The first kappa shape index (κ1) is 13.4. The third-order valence-corrected chi connectivity index (χ3v) is 4.92. The van der Waals surface area contributed by atoms with Crippen LogP contribution in [0.15, 0.2) is 0 Å². The van der Waals surface area contributed by atoms with Gasteiger partial charge in [0.05, 0.1) is 6.10 Å². The van der Waals surface area contributed by atoms with E-state index in [9.17, 15) is 5.11 Å². The van der Waals surface area contributed by atoms with Gasteiger partial charge in [0.15, 0.2) is 0 Å². The minimum absolute atomic E-state index is 0.0396. The summed E-state index contributed by atoms with van der Waals surface area (Å²) in [7, 11) is 0. The van der Waals surface area contributed by atoms with Gasteiger partial charge in [-0.25, -0.2) is 0 Å². The van der Waals surface area contributed by atoms with Crippen LogP contribution in [0.3, 0.4) is 0 Å². The topological polar surface area (TPSA) is 23.5 Å². The van der Waals surface area contributed by atoms with E-state index in [0.29, 0.717) is 6.04 Å². The molecule has 100 valence electrons. The minimum Gasteiger partial charge on any atom is -0.393 e. The number of aliphatic hydroxyl groups excluding tert-OH is 1. The van der Waals surface area contributed by atoms with E-state index in [0.717, 1.165) is 24.8 Å². The normalized spacial score (nSPS) is 34.9. The zero-order valence-electron chi connectivity index (χ0n) is 11.6. The molecular formula is C15H29NO. The quantitative estimate of drug-likeness (QED) is 0.796. The summed E-state index contributed by atoms with van der Waals surface area (Å²) in [6.45, 7) is 5.76. The van der Waals surface area contributed by atoms with Crippen molar-refractivity contribution < 1.29 is 5.11 Å². The molecule has 0 bridgehead atoms. The Hall–Kier alpha value is -0.0800. The lowest BCUT2D eigenvalue weighted by Gasteiger charge is -2.47. The van der Waals surface area contributed by atoms with Crippen molar-refractivity contribution in [3.05, 3.63) is 0 Å². The van der Waals surface area contributed by atoms with Crippen LogP contribution in [0.2, 0.25) is 0 Å². The molecule has 0 amide bonds. The molecule has 2 aliphatic rings. The molecule has 0 saturated heterocycles. The van der Waals surface area contributed by atoms with E-state index in [1.165, 1.54) is 45.1 Å². The summed E-state index contributed by atoms with van der Waals surface area (Å²) >= 11 is 0. The maximum atomic E-state index is 9.96. The van der Waals surface area contributed by atoms with Crippen molar-refractivity contribution in [2.45, 2.75) is 83.4 Å². The maximum absolute atomic E-state index is 9.96. The molecular weight excluding hydrogens is 210 g/mol. The van der Waals surface area contributed by atoms with Crippen molar-refractivity contribution in [3.8, 4) is 0 Å². The lowest BCUT2D eigenvalue weighted by atomic mass is 9.77. The van der Waals surface area contributed by atoms with E-state index >= 15 is 0 Å². The molecule has 2 aliphatic carbocycles. The molecule has 0 radical (unpaired) electrons. The molecule has 2 saturated carbocycles. The molecule has 2 nitrogen and oxygen atoms in total. The number of rotatable bonds is 5. The molecule has 0 aromatic rings. The molecule has 2 rings (SSSR count). The average molecular weight is 239 g/mol. The van der Waals surface area contributed by atoms with Gasteiger partial charge in [-0.2, -0.15) is 0 Å². The largest absolute Gasteiger partial charge is 0.393 e. The van der Waals surface area contributed by atoms with Gasteiger partial charge in [0.25, 0.3) is 0 Å². The Kier molecular flexibility index (Phi) is 4.87. The smallest absolute Gasteiger partial charge is 0.0555 e. The van der Waals surface area contributed by atoms with Crippen LogP contribution in [-0.4, -0.2) is 34.7 Å².